The molecule has 23 heavy (non-hydrogen) atoms. The number of hydrogen-bond acceptors (Lipinski definition) is 5. The van der Waals surface area contributed by atoms with Gasteiger partial charge in [0.05, 0.1) is 12.1 Å². The number of carbonyl (C=O) groups excluding carboxylic acids is 2. The normalized spacial score (nSPS) is 21.1. The molecule has 1 rings (SSSR count). The fraction of sp³-hybridized carbons (Fsp3) is 0.765. The standard InChI is InChI=1S/C17H31N3O3/c1-12-8-6-7-9-20(12)17(4,5)15(23)19-14(22)10-13(18)16(2,3)11-21/h10,12,21H,6-9,11,18H2,1-5H3,(H,19,22,23). The molecule has 0 radical (unpaired) electrons. The minimum absolute atomic E-state index is 0.173. The van der Waals surface area contributed by atoms with E-state index >= 15 is 0 Å². The molecule has 1 aliphatic rings. The number of aliphatic hydroxyl groups is 1. The van der Waals surface area contributed by atoms with Crippen LogP contribution in [0.15, 0.2) is 11.8 Å². The third kappa shape index (κ3) is 4.78. The molecule has 0 aromatic heterocycles. The Morgan fingerprint density at radius 2 is 1.91 bits per heavy atom. The van der Waals surface area contributed by atoms with Crippen molar-refractivity contribution < 1.29 is 14.7 Å². The van der Waals surface area contributed by atoms with Crippen LogP contribution in [0.2, 0.25) is 0 Å². The number of hydrogen-bond donors (Lipinski definition) is 3. The number of rotatable bonds is 5. The van der Waals surface area contributed by atoms with E-state index < -0.39 is 16.9 Å². The highest BCUT2D eigenvalue weighted by molar-refractivity contribution is 6.04. The van der Waals surface area contributed by atoms with E-state index in [0.717, 1.165) is 19.4 Å². The molecule has 2 amide bonds. The molecule has 1 aliphatic heterocycles. The summed E-state index contributed by atoms with van der Waals surface area (Å²) in [5.41, 5.74) is 4.62. The van der Waals surface area contributed by atoms with Crippen molar-refractivity contribution >= 4 is 11.8 Å². The molecule has 6 heteroatoms. The van der Waals surface area contributed by atoms with Crippen molar-refractivity contribution in [3.05, 3.63) is 11.8 Å². The molecule has 1 unspecified atom stereocenters. The molecular formula is C17H31N3O3. The van der Waals surface area contributed by atoms with Crippen LogP contribution >= 0.6 is 0 Å². The first-order chi connectivity index (χ1) is 10.5. The Morgan fingerprint density at radius 1 is 1.30 bits per heavy atom. The summed E-state index contributed by atoms with van der Waals surface area (Å²) in [7, 11) is 0. The number of likely N-dealkylation sites (tertiary alicyclic amines) is 1. The van der Waals surface area contributed by atoms with Gasteiger partial charge in [0.1, 0.15) is 0 Å². The van der Waals surface area contributed by atoms with Crippen LogP contribution in [-0.2, 0) is 9.59 Å². The van der Waals surface area contributed by atoms with Gasteiger partial charge >= 0.3 is 0 Å². The van der Waals surface area contributed by atoms with Crippen molar-refractivity contribution in [1.82, 2.24) is 10.2 Å². The number of nitrogens with two attached hydrogens (primary N) is 1. The Labute approximate surface area is 139 Å². The first kappa shape index (κ1) is 19.6. The van der Waals surface area contributed by atoms with E-state index in [2.05, 4.69) is 17.1 Å². The fourth-order valence-electron chi connectivity index (χ4n) is 2.79. The lowest BCUT2D eigenvalue weighted by atomic mass is 9.90. The van der Waals surface area contributed by atoms with Crippen LogP contribution in [0.1, 0.15) is 53.9 Å². The molecule has 1 heterocycles. The van der Waals surface area contributed by atoms with Gasteiger partial charge in [-0.05, 0) is 40.2 Å². The van der Waals surface area contributed by atoms with Crippen LogP contribution in [0.4, 0.5) is 0 Å². The molecule has 1 atom stereocenters. The Morgan fingerprint density at radius 3 is 2.43 bits per heavy atom. The van der Waals surface area contributed by atoms with Gasteiger partial charge < -0.3 is 10.8 Å². The summed E-state index contributed by atoms with van der Waals surface area (Å²) in [4.78, 5) is 26.7. The molecule has 1 saturated heterocycles. The van der Waals surface area contributed by atoms with Gasteiger partial charge in [0.2, 0.25) is 5.91 Å². The number of carbonyl (C=O) groups is 2. The van der Waals surface area contributed by atoms with E-state index in [9.17, 15) is 14.7 Å². The maximum atomic E-state index is 12.5. The summed E-state index contributed by atoms with van der Waals surface area (Å²) in [5, 5.41) is 11.7. The van der Waals surface area contributed by atoms with Crippen LogP contribution in [0, 0.1) is 5.41 Å². The quantitative estimate of drug-likeness (QED) is 0.659. The number of imide groups is 1. The lowest BCUT2D eigenvalue weighted by Crippen LogP contribution is -2.59. The predicted octanol–water partition coefficient (Wildman–Crippen LogP) is 1.14. The van der Waals surface area contributed by atoms with Gasteiger partial charge in [-0.3, -0.25) is 19.8 Å². The van der Waals surface area contributed by atoms with E-state index in [1.165, 1.54) is 12.5 Å². The average molecular weight is 325 g/mol. The van der Waals surface area contributed by atoms with E-state index in [0.29, 0.717) is 6.04 Å². The minimum Gasteiger partial charge on any atom is -0.401 e. The monoisotopic (exact) mass is 325 g/mol. The van der Waals surface area contributed by atoms with Crippen LogP contribution in [0.5, 0.6) is 0 Å². The number of amides is 2. The minimum atomic E-state index is -0.759. The molecule has 0 bridgehead atoms. The summed E-state index contributed by atoms with van der Waals surface area (Å²) >= 11 is 0. The number of piperidine rings is 1. The summed E-state index contributed by atoms with van der Waals surface area (Å²) in [5.74, 6) is -0.881. The molecule has 0 aromatic rings. The van der Waals surface area contributed by atoms with Crippen LogP contribution < -0.4 is 11.1 Å². The van der Waals surface area contributed by atoms with Crippen molar-refractivity contribution in [2.75, 3.05) is 13.2 Å². The van der Waals surface area contributed by atoms with Gasteiger partial charge in [-0.2, -0.15) is 0 Å². The maximum Gasteiger partial charge on any atom is 0.252 e. The Bertz CT molecular complexity index is 483. The first-order valence-corrected chi connectivity index (χ1v) is 8.23. The molecule has 1 fully saturated rings. The Kier molecular flexibility index (Phi) is 6.36. The smallest absolute Gasteiger partial charge is 0.252 e. The lowest BCUT2D eigenvalue weighted by Gasteiger charge is -2.43. The van der Waals surface area contributed by atoms with Gasteiger partial charge in [0, 0.05) is 23.2 Å². The number of aliphatic hydroxyl groups excluding tert-OH is 1. The van der Waals surface area contributed by atoms with Gasteiger partial charge in [-0.15, -0.1) is 0 Å². The fourth-order valence-corrected chi connectivity index (χ4v) is 2.79. The Hall–Kier alpha value is -1.40. The lowest BCUT2D eigenvalue weighted by molar-refractivity contribution is -0.138. The molecule has 132 valence electrons. The van der Waals surface area contributed by atoms with Crippen molar-refractivity contribution in [3.63, 3.8) is 0 Å². The van der Waals surface area contributed by atoms with E-state index in [-0.39, 0.29) is 18.2 Å². The third-order valence-corrected chi connectivity index (χ3v) is 4.78. The number of nitrogens with one attached hydrogen (secondary N) is 1. The van der Waals surface area contributed by atoms with Gasteiger partial charge in [-0.25, -0.2) is 0 Å². The predicted molar refractivity (Wildman–Crippen MR) is 90.4 cm³/mol. The Balaban J connectivity index is 2.77. The SMILES string of the molecule is CC1CCCCN1C(C)(C)C(=O)NC(=O)C=C(N)C(C)(C)CO. The molecule has 0 spiro atoms. The average Bonchev–Trinajstić information content (AvgIpc) is 2.47. The molecule has 0 aromatic carbocycles. The first-order valence-electron chi connectivity index (χ1n) is 8.23. The van der Waals surface area contributed by atoms with Crippen molar-refractivity contribution in [2.24, 2.45) is 11.1 Å². The summed E-state index contributed by atoms with van der Waals surface area (Å²) < 4.78 is 0. The van der Waals surface area contributed by atoms with Crippen LogP contribution in [0.3, 0.4) is 0 Å². The van der Waals surface area contributed by atoms with Gasteiger partial charge in [-0.1, -0.05) is 20.3 Å². The van der Waals surface area contributed by atoms with Crippen LogP contribution in [0.25, 0.3) is 0 Å². The summed E-state index contributed by atoms with van der Waals surface area (Å²) in [6.07, 6.45) is 4.47. The topological polar surface area (TPSA) is 95.7 Å². The highest BCUT2D eigenvalue weighted by Crippen LogP contribution is 2.26. The van der Waals surface area contributed by atoms with E-state index in [1.54, 1.807) is 13.8 Å². The zero-order valence-electron chi connectivity index (χ0n) is 15.0. The van der Waals surface area contributed by atoms with Crippen LogP contribution in [-0.4, -0.2) is 46.6 Å². The van der Waals surface area contributed by atoms with E-state index in [1.807, 2.05) is 13.8 Å². The van der Waals surface area contributed by atoms with Crippen molar-refractivity contribution in [2.45, 2.75) is 65.5 Å². The maximum absolute atomic E-state index is 12.5. The highest BCUT2D eigenvalue weighted by Gasteiger charge is 2.38. The summed E-state index contributed by atoms with van der Waals surface area (Å²) in [6.45, 7) is 9.92. The van der Waals surface area contributed by atoms with Crippen molar-refractivity contribution in [3.8, 4) is 0 Å². The second kappa shape index (κ2) is 7.45. The van der Waals surface area contributed by atoms with E-state index in [4.69, 9.17) is 5.73 Å². The molecule has 4 N–H and O–H groups in total. The molecule has 6 nitrogen and oxygen atoms in total. The van der Waals surface area contributed by atoms with Gasteiger partial charge in [0.25, 0.3) is 5.91 Å². The van der Waals surface area contributed by atoms with Gasteiger partial charge in [0.15, 0.2) is 0 Å². The second-order valence-electron chi connectivity index (χ2n) is 7.56. The molecular weight excluding hydrogens is 294 g/mol. The highest BCUT2D eigenvalue weighted by atomic mass is 16.3. The second-order valence-corrected chi connectivity index (χ2v) is 7.56. The zero-order valence-corrected chi connectivity index (χ0v) is 15.0. The third-order valence-electron chi connectivity index (χ3n) is 4.78. The van der Waals surface area contributed by atoms with Crippen molar-refractivity contribution in [1.29, 1.82) is 0 Å². The molecule has 0 saturated carbocycles. The zero-order chi connectivity index (χ0) is 17.8. The summed E-state index contributed by atoms with van der Waals surface area (Å²) in [6, 6.07) is 0.313. The molecule has 0 aliphatic carbocycles. The largest absolute Gasteiger partial charge is 0.401 e. The number of nitrogens with zero attached hydrogens (tertiary/aromatic N) is 1.